The average Bonchev–Trinajstić information content (AvgIpc) is 2.59. The molecule has 2 aromatic rings. The SMILES string of the molecule is COC(=O)c1c(Br)cc(NC(=O)OCc2ccccc2)cc1OC. The fourth-order valence-electron chi connectivity index (χ4n) is 1.99. The van der Waals surface area contributed by atoms with Crippen LogP contribution in [0.2, 0.25) is 0 Å². The van der Waals surface area contributed by atoms with E-state index in [0.717, 1.165) is 5.56 Å². The number of hydrogen-bond acceptors (Lipinski definition) is 5. The van der Waals surface area contributed by atoms with Gasteiger partial charge in [-0.05, 0) is 27.6 Å². The van der Waals surface area contributed by atoms with Crippen molar-refractivity contribution in [1.29, 1.82) is 0 Å². The molecule has 0 aromatic heterocycles. The van der Waals surface area contributed by atoms with Crippen molar-refractivity contribution in [2.75, 3.05) is 19.5 Å². The van der Waals surface area contributed by atoms with E-state index in [0.29, 0.717) is 10.2 Å². The lowest BCUT2D eigenvalue weighted by atomic mass is 10.2. The van der Waals surface area contributed by atoms with E-state index in [4.69, 9.17) is 14.2 Å². The predicted molar refractivity (Wildman–Crippen MR) is 92.3 cm³/mol. The van der Waals surface area contributed by atoms with Crippen molar-refractivity contribution in [3.63, 3.8) is 0 Å². The Kier molecular flexibility index (Phi) is 6.20. The molecule has 126 valence electrons. The minimum absolute atomic E-state index is 0.158. The molecule has 24 heavy (non-hydrogen) atoms. The number of amides is 1. The summed E-state index contributed by atoms with van der Waals surface area (Å²) in [6, 6.07) is 12.4. The molecule has 0 spiro atoms. The van der Waals surface area contributed by atoms with Crippen molar-refractivity contribution in [2.45, 2.75) is 6.61 Å². The van der Waals surface area contributed by atoms with Crippen LogP contribution in [0.1, 0.15) is 15.9 Å². The summed E-state index contributed by atoms with van der Waals surface area (Å²) < 4.78 is 15.5. The topological polar surface area (TPSA) is 73.9 Å². The van der Waals surface area contributed by atoms with Crippen LogP contribution in [-0.4, -0.2) is 26.3 Å². The van der Waals surface area contributed by atoms with Gasteiger partial charge in [0, 0.05) is 16.2 Å². The van der Waals surface area contributed by atoms with Gasteiger partial charge in [-0.3, -0.25) is 5.32 Å². The van der Waals surface area contributed by atoms with E-state index in [-0.39, 0.29) is 17.9 Å². The molecule has 0 saturated carbocycles. The highest BCUT2D eigenvalue weighted by Gasteiger charge is 2.19. The smallest absolute Gasteiger partial charge is 0.411 e. The number of nitrogens with one attached hydrogen (secondary N) is 1. The minimum Gasteiger partial charge on any atom is -0.496 e. The highest BCUT2D eigenvalue weighted by atomic mass is 79.9. The van der Waals surface area contributed by atoms with E-state index in [9.17, 15) is 9.59 Å². The molecule has 2 aromatic carbocycles. The molecule has 0 fully saturated rings. The molecule has 7 heteroatoms. The molecular weight excluding hydrogens is 378 g/mol. The van der Waals surface area contributed by atoms with Gasteiger partial charge in [-0.2, -0.15) is 0 Å². The first-order valence-corrected chi connectivity index (χ1v) is 7.78. The molecule has 1 amide bonds. The summed E-state index contributed by atoms with van der Waals surface area (Å²) in [6.07, 6.45) is -0.612. The number of hydrogen-bond donors (Lipinski definition) is 1. The molecule has 6 nitrogen and oxygen atoms in total. The number of ether oxygens (including phenoxy) is 3. The van der Waals surface area contributed by atoms with Gasteiger partial charge >= 0.3 is 12.1 Å². The first-order chi connectivity index (χ1) is 11.5. The number of carbonyl (C=O) groups excluding carboxylic acids is 2. The van der Waals surface area contributed by atoms with Crippen molar-refractivity contribution in [2.24, 2.45) is 0 Å². The van der Waals surface area contributed by atoms with Crippen molar-refractivity contribution in [1.82, 2.24) is 0 Å². The molecule has 0 aliphatic heterocycles. The molecule has 0 heterocycles. The Hall–Kier alpha value is -2.54. The van der Waals surface area contributed by atoms with E-state index < -0.39 is 12.1 Å². The minimum atomic E-state index is -0.612. The van der Waals surface area contributed by atoms with Gasteiger partial charge in [0.15, 0.2) is 0 Å². The molecule has 0 aliphatic rings. The average molecular weight is 394 g/mol. The Balaban J connectivity index is 2.08. The van der Waals surface area contributed by atoms with E-state index in [1.165, 1.54) is 20.3 Å². The van der Waals surface area contributed by atoms with Gasteiger partial charge in [0.05, 0.1) is 14.2 Å². The number of carbonyl (C=O) groups is 2. The van der Waals surface area contributed by atoms with Crippen molar-refractivity contribution < 1.29 is 23.8 Å². The molecule has 0 saturated heterocycles. The lowest BCUT2D eigenvalue weighted by molar-refractivity contribution is 0.0596. The molecule has 0 radical (unpaired) electrons. The number of rotatable bonds is 5. The van der Waals surface area contributed by atoms with Crippen molar-refractivity contribution >= 4 is 33.7 Å². The van der Waals surface area contributed by atoms with Gasteiger partial charge in [-0.1, -0.05) is 30.3 Å². The summed E-state index contributed by atoms with van der Waals surface area (Å²) in [5.41, 5.74) is 1.54. The van der Waals surface area contributed by atoms with Crippen LogP contribution < -0.4 is 10.1 Å². The van der Waals surface area contributed by atoms with E-state index in [2.05, 4.69) is 21.2 Å². The largest absolute Gasteiger partial charge is 0.496 e. The van der Waals surface area contributed by atoms with Crippen LogP contribution in [0, 0.1) is 0 Å². The summed E-state index contributed by atoms with van der Waals surface area (Å²) >= 11 is 3.27. The number of anilines is 1. The summed E-state index contributed by atoms with van der Waals surface area (Å²) in [6.45, 7) is 0.158. The summed E-state index contributed by atoms with van der Waals surface area (Å²) in [7, 11) is 2.70. The highest BCUT2D eigenvalue weighted by molar-refractivity contribution is 9.10. The van der Waals surface area contributed by atoms with E-state index >= 15 is 0 Å². The maximum absolute atomic E-state index is 11.9. The monoisotopic (exact) mass is 393 g/mol. The molecule has 1 N–H and O–H groups in total. The van der Waals surface area contributed by atoms with Crippen LogP contribution in [0.3, 0.4) is 0 Å². The van der Waals surface area contributed by atoms with Crippen molar-refractivity contribution in [3.8, 4) is 5.75 Å². The van der Waals surface area contributed by atoms with Gasteiger partial charge in [-0.25, -0.2) is 9.59 Å². The Bertz CT molecular complexity index is 733. The second-order valence-electron chi connectivity index (χ2n) is 4.71. The number of esters is 1. The Morgan fingerprint density at radius 3 is 2.46 bits per heavy atom. The maximum atomic E-state index is 11.9. The van der Waals surface area contributed by atoms with Gasteiger partial charge in [0.2, 0.25) is 0 Å². The zero-order valence-corrected chi connectivity index (χ0v) is 14.8. The first-order valence-electron chi connectivity index (χ1n) is 6.98. The van der Waals surface area contributed by atoms with Crippen LogP contribution >= 0.6 is 15.9 Å². The highest BCUT2D eigenvalue weighted by Crippen LogP contribution is 2.32. The number of benzene rings is 2. The fraction of sp³-hybridized carbons (Fsp3) is 0.176. The van der Waals surface area contributed by atoms with Gasteiger partial charge in [0.1, 0.15) is 17.9 Å². The third-order valence-electron chi connectivity index (χ3n) is 3.12. The van der Waals surface area contributed by atoms with Crippen LogP contribution in [-0.2, 0) is 16.1 Å². The normalized spacial score (nSPS) is 9.96. The van der Waals surface area contributed by atoms with Crippen LogP contribution in [0.15, 0.2) is 46.9 Å². The van der Waals surface area contributed by atoms with Gasteiger partial charge in [-0.15, -0.1) is 0 Å². The van der Waals surface area contributed by atoms with E-state index in [1.54, 1.807) is 6.07 Å². The zero-order chi connectivity index (χ0) is 17.5. The standard InChI is InChI=1S/C17H16BrNO5/c1-22-14-9-12(8-13(18)15(14)16(20)23-2)19-17(21)24-10-11-6-4-3-5-7-11/h3-9H,10H2,1-2H3,(H,19,21). The second-order valence-corrected chi connectivity index (χ2v) is 5.57. The van der Waals surface area contributed by atoms with Gasteiger partial charge in [0.25, 0.3) is 0 Å². The van der Waals surface area contributed by atoms with Gasteiger partial charge < -0.3 is 14.2 Å². The predicted octanol–water partition coefficient (Wildman–Crippen LogP) is 3.99. The molecule has 0 bridgehead atoms. The third-order valence-corrected chi connectivity index (χ3v) is 3.75. The number of methoxy groups -OCH3 is 2. The van der Waals surface area contributed by atoms with Crippen LogP contribution in [0.5, 0.6) is 5.75 Å². The maximum Gasteiger partial charge on any atom is 0.411 e. The van der Waals surface area contributed by atoms with E-state index in [1.807, 2.05) is 30.3 Å². The summed E-state index contributed by atoms with van der Waals surface area (Å²) in [5, 5.41) is 2.59. The number of halogens is 1. The van der Waals surface area contributed by atoms with Crippen LogP contribution in [0.25, 0.3) is 0 Å². The molecule has 0 unspecified atom stereocenters. The molecular formula is C17H16BrNO5. The Morgan fingerprint density at radius 1 is 1.12 bits per heavy atom. The molecule has 0 aliphatic carbocycles. The third kappa shape index (κ3) is 4.48. The quantitative estimate of drug-likeness (QED) is 0.777. The lowest BCUT2D eigenvalue weighted by Gasteiger charge is -2.12. The summed E-state index contributed by atoms with van der Waals surface area (Å²) in [5.74, 6) is -0.272. The lowest BCUT2D eigenvalue weighted by Crippen LogP contribution is -2.14. The molecule has 2 rings (SSSR count). The van der Waals surface area contributed by atoms with Crippen LogP contribution in [0.4, 0.5) is 10.5 Å². The molecule has 0 atom stereocenters. The Labute approximate surface area is 147 Å². The second kappa shape index (κ2) is 8.35. The zero-order valence-electron chi connectivity index (χ0n) is 13.2. The fourth-order valence-corrected chi connectivity index (χ4v) is 2.60. The van der Waals surface area contributed by atoms with Crippen molar-refractivity contribution in [3.05, 3.63) is 58.1 Å². The summed E-state index contributed by atoms with van der Waals surface area (Å²) in [4.78, 5) is 23.7. The Morgan fingerprint density at radius 2 is 1.83 bits per heavy atom. The first kappa shape index (κ1) is 17.8.